The van der Waals surface area contributed by atoms with Crippen LogP contribution in [0.2, 0.25) is 0 Å². The molecule has 0 saturated carbocycles. The summed E-state index contributed by atoms with van der Waals surface area (Å²) >= 11 is 3.32. The third-order valence-electron chi connectivity index (χ3n) is 3.13. The minimum atomic E-state index is -0.602. The molecule has 1 aliphatic rings. The van der Waals surface area contributed by atoms with Crippen molar-refractivity contribution in [1.29, 1.82) is 0 Å². The van der Waals surface area contributed by atoms with Crippen LogP contribution in [0.5, 0.6) is 0 Å². The average molecular weight is 284 g/mol. The van der Waals surface area contributed by atoms with Crippen molar-refractivity contribution in [2.75, 3.05) is 13.1 Å². The van der Waals surface area contributed by atoms with Crippen molar-refractivity contribution in [3.63, 3.8) is 0 Å². The SMILES string of the molecule is NC(=O)C1(c2cccc(Br)n2)CCNCC1. The second-order valence-electron chi connectivity index (χ2n) is 4.04. The number of rotatable bonds is 2. The molecule has 1 saturated heterocycles. The van der Waals surface area contributed by atoms with Crippen LogP contribution in [0.15, 0.2) is 22.8 Å². The Morgan fingerprint density at radius 3 is 2.69 bits per heavy atom. The third-order valence-corrected chi connectivity index (χ3v) is 3.58. The van der Waals surface area contributed by atoms with Gasteiger partial charge in [0.2, 0.25) is 5.91 Å². The molecule has 1 aromatic heterocycles. The number of carbonyl (C=O) groups is 1. The summed E-state index contributed by atoms with van der Waals surface area (Å²) in [6, 6.07) is 5.61. The standard InChI is InChI=1S/C11H14BrN3O/c12-9-3-1-2-8(15-9)11(10(13)16)4-6-14-7-5-11/h1-3,14H,4-7H2,(H2,13,16). The van der Waals surface area contributed by atoms with Gasteiger partial charge >= 0.3 is 0 Å². The molecular formula is C11H14BrN3O. The van der Waals surface area contributed by atoms with Gasteiger partial charge in [0.25, 0.3) is 0 Å². The lowest BCUT2D eigenvalue weighted by Crippen LogP contribution is -2.49. The molecule has 1 aliphatic heterocycles. The second-order valence-corrected chi connectivity index (χ2v) is 4.85. The van der Waals surface area contributed by atoms with Gasteiger partial charge in [-0.2, -0.15) is 0 Å². The number of pyridine rings is 1. The Balaban J connectivity index is 2.42. The number of amides is 1. The van der Waals surface area contributed by atoms with Crippen LogP contribution in [0.25, 0.3) is 0 Å². The van der Waals surface area contributed by atoms with Gasteiger partial charge in [-0.05, 0) is 54.0 Å². The fourth-order valence-electron chi connectivity index (χ4n) is 2.16. The first-order chi connectivity index (χ1) is 7.65. The van der Waals surface area contributed by atoms with Crippen molar-refractivity contribution in [1.82, 2.24) is 10.3 Å². The molecule has 0 atom stereocenters. The first-order valence-corrected chi connectivity index (χ1v) is 6.08. The second kappa shape index (κ2) is 4.51. The molecule has 3 N–H and O–H groups in total. The van der Waals surface area contributed by atoms with Crippen molar-refractivity contribution in [3.8, 4) is 0 Å². The van der Waals surface area contributed by atoms with E-state index in [-0.39, 0.29) is 5.91 Å². The first kappa shape index (κ1) is 11.5. The zero-order valence-electron chi connectivity index (χ0n) is 8.87. The maximum atomic E-state index is 11.7. The molecule has 0 bridgehead atoms. The van der Waals surface area contributed by atoms with Crippen molar-refractivity contribution in [3.05, 3.63) is 28.5 Å². The van der Waals surface area contributed by atoms with E-state index in [2.05, 4.69) is 26.2 Å². The van der Waals surface area contributed by atoms with Crippen molar-refractivity contribution < 1.29 is 4.79 Å². The number of primary amides is 1. The highest BCUT2D eigenvalue weighted by atomic mass is 79.9. The van der Waals surface area contributed by atoms with Crippen LogP contribution < -0.4 is 11.1 Å². The zero-order chi connectivity index (χ0) is 11.6. The van der Waals surface area contributed by atoms with E-state index < -0.39 is 5.41 Å². The molecule has 4 nitrogen and oxygen atoms in total. The van der Waals surface area contributed by atoms with Crippen LogP contribution in [0.4, 0.5) is 0 Å². The Morgan fingerprint density at radius 2 is 2.12 bits per heavy atom. The molecule has 86 valence electrons. The van der Waals surface area contributed by atoms with Crippen LogP contribution in [-0.2, 0) is 10.2 Å². The van der Waals surface area contributed by atoms with E-state index in [0.717, 1.165) is 23.4 Å². The van der Waals surface area contributed by atoms with Crippen molar-refractivity contribution >= 4 is 21.8 Å². The lowest BCUT2D eigenvalue weighted by atomic mass is 9.75. The number of nitrogens with two attached hydrogens (primary N) is 1. The minimum Gasteiger partial charge on any atom is -0.369 e. The normalized spacial score (nSPS) is 19.3. The summed E-state index contributed by atoms with van der Waals surface area (Å²) in [4.78, 5) is 16.1. The van der Waals surface area contributed by atoms with Gasteiger partial charge in [-0.3, -0.25) is 4.79 Å². The Labute approximate surface area is 103 Å². The molecule has 0 spiro atoms. The Kier molecular flexibility index (Phi) is 3.25. The molecule has 5 heteroatoms. The summed E-state index contributed by atoms with van der Waals surface area (Å²) in [7, 11) is 0. The van der Waals surface area contributed by atoms with Crippen LogP contribution in [0.3, 0.4) is 0 Å². The lowest BCUT2D eigenvalue weighted by molar-refractivity contribution is -0.124. The summed E-state index contributed by atoms with van der Waals surface area (Å²) in [6.07, 6.45) is 1.43. The molecule has 16 heavy (non-hydrogen) atoms. The van der Waals surface area contributed by atoms with Gasteiger partial charge in [0, 0.05) is 0 Å². The maximum Gasteiger partial charge on any atom is 0.229 e. The molecule has 1 amide bonds. The highest BCUT2D eigenvalue weighted by molar-refractivity contribution is 9.10. The number of carbonyl (C=O) groups excluding carboxylic acids is 1. The zero-order valence-corrected chi connectivity index (χ0v) is 10.5. The van der Waals surface area contributed by atoms with E-state index in [0.29, 0.717) is 12.8 Å². The maximum absolute atomic E-state index is 11.7. The molecule has 2 rings (SSSR count). The van der Waals surface area contributed by atoms with Gasteiger partial charge < -0.3 is 11.1 Å². The molecule has 1 aromatic rings. The van der Waals surface area contributed by atoms with Crippen molar-refractivity contribution in [2.45, 2.75) is 18.3 Å². The van der Waals surface area contributed by atoms with E-state index in [1.807, 2.05) is 18.2 Å². The first-order valence-electron chi connectivity index (χ1n) is 5.29. The molecule has 0 aromatic carbocycles. The predicted molar refractivity (Wildman–Crippen MR) is 64.9 cm³/mol. The number of piperidine rings is 1. The predicted octanol–water partition coefficient (Wildman–Crippen LogP) is 0.951. The van der Waals surface area contributed by atoms with Gasteiger partial charge in [0.1, 0.15) is 4.60 Å². The third kappa shape index (κ3) is 1.97. The summed E-state index contributed by atoms with van der Waals surface area (Å²) in [5.74, 6) is -0.278. The van der Waals surface area contributed by atoms with Gasteiger partial charge in [-0.15, -0.1) is 0 Å². The van der Waals surface area contributed by atoms with E-state index in [9.17, 15) is 4.79 Å². The van der Waals surface area contributed by atoms with Gasteiger partial charge in [-0.1, -0.05) is 6.07 Å². The quantitative estimate of drug-likeness (QED) is 0.795. The molecule has 0 radical (unpaired) electrons. The summed E-state index contributed by atoms with van der Waals surface area (Å²) in [5, 5.41) is 3.23. The number of hydrogen-bond donors (Lipinski definition) is 2. The Bertz CT molecular complexity index is 402. The summed E-state index contributed by atoms with van der Waals surface area (Å²) in [6.45, 7) is 1.61. The number of nitrogens with zero attached hydrogens (tertiary/aromatic N) is 1. The van der Waals surface area contributed by atoms with Crippen LogP contribution in [-0.4, -0.2) is 24.0 Å². The monoisotopic (exact) mass is 283 g/mol. The average Bonchev–Trinajstić information content (AvgIpc) is 2.30. The number of hydrogen-bond acceptors (Lipinski definition) is 3. The molecule has 1 fully saturated rings. The summed E-state index contributed by atoms with van der Waals surface area (Å²) in [5.41, 5.74) is 5.73. The van der Waals surface area contributed by atoms with Crippen molar-refractivity contribution in [2.24, 2.45) is 5.73 Å². The molecule has 0 aliphatic carbocycles. The lowest BCUT2D eigenvalue weighted by Gasteiger charge is -2.34. The van der Waals surface area contributed by atoms with E-state index in [1.165, 1.54) is 0 Å². The number of halogens is 1. The smallest absolute Gasteiger partial charge is 0.229 e. The van der Waals surface area contributed by atoms with E-state index in [1.54, 1.807) is 0 Å². The Hall–Kier alpha value is -0.940. The number of aromatic nitrogens is 1. The fraction of sp³-hybridized carbons (Fsp3) is 0.455. The van der Waals surface area contributed by atoms with Gasteiger partial charge in [0.15, 0.2) is 0 Å². The van der Waals surface area contributed by atoms with E-state index in [4.69, 9.17) is 5.73 Å². The minimum absolute atomic E-state index is 0.278. The van der Waals surface area contributed by atoms with Gasteiger partial charge in [-0.25, -0.2) is 4.98 Å². The van der Waals surface area contributed by atoms with Crippen LogP contribution in [0.1, 0.15) is 18.5 Å². The largest absolute Gasteiger partial charge is 0.369 e. The Morgan fingerprint density at radius 1 is 1.44 bits per heavy atom. The summed E-state index contributed by atoms with van der Waals surface area (Å²) < 4.78 is 0.740. The topological polar surface area (TPSA) is 68.0 Å². The molecule has 0 unspecified atom stereocenters. The van der Waals surface area contributed by atoms with Gasteiger partial charge in [0.05, 0.1) is 11.1 Å². The highest BCUT2D eigenvalue weighted by Crippen LogP contribution is 2.32. The number of nitrogens with one attached hydrogen (secondary N) is 1. The molecular weight excluding hydrogens is 270 g/mol. The van der Waals surface area contributed by atoms with E-state index >= 15 is 0 Å². The fourth-order valence-corrected chi connectivity index (χ4v) is 2.50. The van der Waals surface area contributed by atoms with Crippen LogP contribution >= 0.6 is 15.9 Å². The highest BCUT2D eigenvalue weighted by Gasteiger charge is 2.40. The van der Waals surface area contributed by atoms with Crippen LogP contribution in [0, 0.1) is 0 Å². The molecule has 2 heterocycles.